The SMILES string of the molecule is COC(C)CNc1cc(F)c(Br)cc1C. The van der Waals surface area contributed by atoms with Crippen LogP contribution >= 0.6 is 15.9 Å². The molecule has 0 heterocycles. The van der Waals surface area contributed by atoms with E-state index in [1.807, 2.05) is 13.8 Å². The first-order chi connectivity index (χ1) is 7.04. The van der Waals surface area contributed by atoms with Crippen LogP contribution in [0, 0.1) is 12.7 Å². The molecule has 1 unspecified atom stereocenters. The van der Waals surface area contributed by atoms with Gasteiger partial charge in [-0.25, -0.2) is 4.39 Å². The van der Waals surface area contributed by atoms with E-state index in [0.29, 0.717) is 11.0 Å². The lowest BCUT2D eigenvalue weighted by Crippen LogP contribution is -2.18. The number of rotatable bonds is 4. The van der Waals surface area contributed by atoms with Crippen molar-refractivity contribution >= 4 is 21.6 Å². The van der Waals surface area contributed by atoms with Crippen molar-refractivity contribution in [2.24, 2.45) is 0 Å². The van der Waals surface area contributed by atoms with Gasteiger partial charge in [-0.15, -0.1) is 0 Å². The summed E-state index contributed by atoms with van der Waals surface area (Å²) >= 11 is 3.15. The number of aryl methyl sites for hydroxylation is 1. The van der Waals surface area contributed by atoms with E-state index in [9.17, 15) is 4.39 Å². The first-order valence-electron chi connectivity index (χ1n) is 4.77. The Labute approximate surface area is 98.0 Å². The van der Waals surface area contributed by atoms with E-state index in [-0.39, 0.29) is 11.9 Å². The first-order valence-corrected chi connectivity index (χ1v) is 5.56. The molecule has 1 aromatic rings. The zero-order valence-corrected chi connectivity index (χ0v) is 10.7. The first kappa shape index (κ1) is 12.5. The van der Waals surface area contributed by atoms with E-state index in [4.69, 9.17) is 4.74 Å². The Morgan fingerprint density at radius 2 is 2.20 bits per heavy atom. The van der Waals surface area contributed by atoms with Crippen molar-refractivity contribution in [3.8, 4) is 0 Å². The molecule has 0 aliphatic carbocycles. The van der Waals surface area contributed by atoms with Crippen molar-refractivity contribution < 1.29 is 9.13 Å². The molecule has 0 aliphatic heterocycles. The molecule has 0 aliphatic rings. The van der Waals surface area contributed by atoms with E-state index >= 15 is 0 Å². The zero-order valence-electron chi connectivity index (χ0n) is 9.10. The molecule has 0 radical (unpaired) electrons. The van der Waals surface area contributed by atoms with Gasteiger partial charge in [-0.1, -0.05) is 0 Å². The summed E-state index contributed by atoms with van der Waals surface area (Å²) in [6.45, 7) is 4.56. The quantitative estimate of drug-likeness (QED) is 0.910. The van der Waals surface area contributed by atoms with Crippen LogP contribution in [0.3, 0.4) is 0 Å². The topological polar surface area (TPSA) is 21.3 Å². The van der Waals surface area contributed by atoms with Crippen molar-refractivity contribution in [3.05, 3.63) is 28.0 Å². The van der Waals surface area contributed by atoms with Crippen molar-refractivity contribution in [2.45, 2.75) is 20.0 Å². The molecule has 0 saturated carbocycles. The van der Waals surface area contributed by atoms with Crippen molar-refractivity contribution in [3.63, 3.8) is 0 Å². The largest absolute Gasteiger partial charge is 0.382 e. The maximum absolute atomic E-state index is 13.2. The molecule has 84 valence electrons. The van der Waals surface area contributed by atoms with E-state index in [1.165, 1.54) is 6.07 Å². The fourth-order valence-electron chi connectivity index (χ4n) is 1.17. The number of halogens is 2. The summed E-state index contributed by atoms with van der Waals surface area (Å²) in [7, 11) is 1.65. The van der Waals surface area contributed by atoms with Crippen LogP contribution in [-0.4, -0.2) is 19.8 Å². The molecule has 1 rings (SSSR count). The van der Waals surface area contributed by atoms with Gasteiger partial charge in [-0.05, 0) is 47.5 Å². The average molecular weight is 276 g/mol. The summed E-state index contributed by atoms with van der Waals surface area (Å²) in [4.78, 5) is 0. The fraction of sp³-hybridized carbons (Fsp3) is 0.455. The molecule has 0 aromatic heterocycles. The lowest BCUT2D eigenvalue weighted by molar-refractivity contribution is 0.129. The summed E-state index contributed by atoms with van der Waals surface area (Å²) in [5.41, 5.74) is 1.81. The molecule has 4 heteroatoms. The highest BCUT2D eigenvalue weighted by Crippen LogP contribution is 2.23. The summed E-state index contributed by atoms with van der Waals surface area (Å²) in [6.07, 6.45) is 0.108. The van der Waals surface area contributed by atoms with Crippen LogP contribution in [0.5, 0.6) is 0 Å². The maximum Gasteiger partial charge on any atom is 0.139 e. The summed E-state index contributed by atoms with van der Waals surface area (Å²) in [5, 5.41) is 3.15. The molecule has 0 bridgehead atoms. The molecule has 15 heavy (non-hydrogen) atoms. The molecular formula is C11H15BrFNO. The van der Waals surface area contributed by atoms with Gasteiger partial charge in [0.15, 0.2) is 0 Å². The Kier molecular flexibility index (Phi) is 4.54. The van der Waals surface area contributed by atoms with Gasteiger partial charge < -0.3 is 10.1 Å². The normalized spacial score (nSPS) is 12.6. The third kappa shape index (κ3) is 3.47. The Morgan fingerprint density at radius 1 is 1.53 bits per heavy atom. The Hall–Kier alpha value is -0.610. The minimum atomic E-state index is -0.256. The molecule has 1 aromatic carbocycles. The van der Waals surface area contributed by atoms with E-state index in [0.717, 1.165) is 11.3 Å². The Balaban J connectivity index is 2.73. The van der Waals surface area contributed by atoms with Gasteiger partial charge in [0.05, 0.1) is 10.6 Å². The van der Waals surface area contributed by atoms with Gasteiger partial charge in [0.2, 0.25) is 0 Å². The van der Waals surface area contributed by atoms with Crippen LogP contribution in [0.1, 0.15) is 12.5 Å². The molecular weight excluding hydrogens is 261 g/mol. The van der Waals surface area contributed by atoms with Gasteiger partial charge in [-0.3, -0.25) is 0 Å². The Morgan fingerprint density at radius 3 is 2.80 bits per heavy atom. The minimum Gasteiger partial charge on any atom is -0.382 e. The number of benzene rings is 1. The number of ether oxygens (including phenoxy) is 1. The standard InChI is InChI=1S/C11H15BrFNO/c1-7-4-9(12)10(13)5-11(7)14-6-8(2)15-3/h4-5,8,14H,6H2,1-3H3. The molecule has 0 amide bonds. The predicted molar refractivity (Wildman–Crippen MR) is 63.8 cm³/mol. The monoisotopic (exact) mass is 275 g/mol. The van der Waals surface area contributed by atoms with Gasteiger partial charge in [0, 0.05) is 19.3 Å². The summed E-state index contributed by atoms with van der Waals surface area (Å²) < 4.78 is 18.8. The van der Waals surface area contributed by atoms with Crippen molar-refractivity contribution in [1.82, 2.24) is 0 Å². The molecule has 2 nitrogen and oxygen atoms in total. The zero-order chi connectivity index (χ0) is 11.4. The number of methoxy groups -OCH3 is 1. The van der Waals surface area contributed by atoms with Gasteiger partial charge >= 0.3 is 0 Å². The second kappa shape index (κ2) is 5.47. The van der Waals surface area contributed by atoms with Crippen LogP contribution in [0.25, 0.3) is 0 Å². The number of anilines is 1. The van der Waals surface area contributed by atoms with E-state index in [2.05, 4.69) is 21.2 Å². The second-order valence-corrected chi connectivity index (χ2v) is 4.36. The highest BCUT2D eigenvalue weighted by atomic mass is 79.9. The molecule has 0 spiro atoms. The smallest absolute Gasteiger partial charge is 0.139 e. The van der Waals surface area contributed by atoms with E-state index < -0.39 is 0 Å². The molecule has 1 N–H and O–H groups in total. The molecule has 0 saturated heterocycles. The average Bonchev–Trinajstić information content (AvgIpc) is 2.21. The highest BCUT2D eigenvalue weighted by molar-refractivity contribution is 9.10. The third-order valence-corrected chi connectivity index (χ3v) is 2.86. The van der Waals surface area contributed by atoms with E-state index in [1.54, 1.807) is 13.2 Å². The predicted octanol–water partition coefficient (Wildman–Crippen LogP) is 3.34. The number of hydrogen-bond acceptors (Lipinski definition) is 2. The number of nitrogens with one attached hydrogen (secondary N) is 1. The lowest BCUT2D eigenvalue weighted by Gasteiger charge is -2.14. The van der Waals surface area contributed by atoms with Crippen LogP contribution in [0.2, 0.25) is 0 Å². The maximum atomic E-state index is 13.2. The second-order valence-electron chi connectivity index (χ2n) is 3.51. The van der Waals surface area contributed by atoms with Crippen LogP contribution in [0.15, 0.2) is 16.6 Å². The lowest BCUT2D eigenvalue weighted by atomic mass is 10.2. The molecule has 0 fully saturated rings. The molecule has 1 atom stereocenters. The Bertz CT molecular complexity index is 344. The van der Waals surface area contributed by atoms with Crippen molar-refractivity contribution in [1.29, 1.82) is 0 Å². The summed E-state index contributed by atoms with van der Waals surface area (Å²) in [6, 6.07) is 3.25. The van der Waals surface area contributed by atoms with Crippen molar-refractivity contribution in [2.75, 3.05) is 19.0 Å². The van der Waals surface area contributed by atoms with Crippen LogP contribution in [0.4, 0.5) is 10.1 Å². The number of hydrogen-bond donors (Lipinski definition) is 1. The minimum absolute atomic E-state index is 0.108. The summed E-state index contributed by atoms with van der Waals surface area (Å²) in [5.74, 6) is -0.256. The van der Waals surface area contributed by atoms with Gasteiger partial charge in [0.25, 0.3) is 0 Å². The highest BCUT2D eigenvalue weighted by Gasteiger charge is 2.06. The van der Waals surface area contributed by atoms with Crippen LogP contribution < -0.4 is 5.32 Å². The third-order valence-electron chi connectivity index (χ3n) is 2.25. The fourth-order valence-corrected chi connectivity index (χ4v) is 1.63. The van der Waals surface area contributed by atoms with Gasteiger partial charge in [0.1, 0.15) is 5.82 Å². The van der Waals surface area contributed by atoms with Crippen LogP contribution in [-0.2, 0) is 4.74 Å². The van der Waals surface area contributed by atoms with Gasteiger partial charge in [-0.2, -0.15) is 0 Å².